The van der Waals surface area contributed by atoms with Crippen LogP contribution in [0.4, 0.5) is 5.69 Å². The van der Waals surface area contributed by atoms with E-state index >= 15 is 0 Å². The molecule has 0 unspecified atom stereocenters. The van der Waals surface area contributed by atoms with E-state index in [4.69, 9.17) is 4.55 Å². The number of nitro benzene ring substituents is 1. The van der Waals surface area contributed by atoms with Gasteiger partial charge in [-0.1, -0.05) is 30.3 Å². The summed E-state index contributed by atoms with van der Waals surface area (Å²) in [5.74, 6) is 0. The number of hydrogen-bond donors (Lipinski definition) is 1. The highest BCUT2D eigenvalue weighted by Crippen LogP contribution is 2.20. The maximum absolute atomic E-state index is 10.9. The second-order valence-electron chi connectivity index (χ2n) is 4.50. The van der Waals surface area contributed by atoms with Crippen molar-refractivity contribution in [3.8, 4) is 0 Å². The van der Waals surface area contributed by atoms with Crippen molar-refractivity contribution in [3.63, 3.8) is 0 Å². The maximum atomic E-state index is 10.9. The van der Waals surface area contributed by atoms with E-state index in [-0.39, 0.29) is 10.6 Å². The summed E-state index contributed by atoms with van der Waals surface area (Å²) in [6.07, 6.45) is 1.01. The zero-order valence-electron chi connectivity index (χ0n) is 11.0. The third-order valence-electron chi connectivity index (χ3n) is 3.09. The third kappa shape index (κ3) is 3.87. The molecule has 0 aromatic heterocycles. The second-order valence-corrected chi connectivity index (χ2v) is 5.93. The van der Waals surface area contributed by atoms with Crippen LogP contribution in [0.3, 0.4) is 0 Å². The van der Waals surface area contributed by atoms with Gasteiger partial charge in [0.25, 0.3) is 15.8 Å². The molecule has 0 aliphatic carbocycles. The van der Waals surface area contributed by atoms with Gasteiger partial charge in [0.15, 0.2) is 0 Å². The first-order chi connectivity index (χ1) is 9.88. The summed E-state index contributed by atoms with van der Waals surface area (Å²) in [5, 5.41) is 10.9. The first-order valence-corrected chi connectivity index (χ1v) is 7.60. The van der Waals surface area contributed by atoms with Crippen molar-refractivity contribution in [2.45, 2.75) is 17.7 Å². The van der Waals surface area contributed by atoms with E-state index in [9.17, 15) is 18.5 Å². The van der Waals surface area contributed by atoms with Crippen LogP contribution in [0.2, 0.25) is 0 Å². The van der Waals surface area contributed by atoms with E-state index in [0.717, 1.165) is 5.56 Å². The van der Waals surface area contributed by atoms with Crippen LogP contribution in [0.5, 0.6) is 0 Å². The minimum atomic E-state index is -4.19. The molecule has 1 N–H and O–H groups in total. The summed E-state index contributed by atoms with van der Waals surface area (Å²) in [7, 11) is -4.19. The molecule has 7 heteroatoms. The molecule has 0 atom stereocenters. The molecule has 0 spiro atoms. The molecule has 21 heavy (non-hydrogen) atoms. The normalized spacial score (nSPS) is 11.3. The van der Waals surface area contributed by atoms with Crippen LogP contribution >= 0.6 is 0 Å². The molecule has 0 aliphatic rings. The van der Waals surface area contributed by atoms with Gasteiger partial charge in [0.1, 0.15) is 0 Å². The zero-order valence-corrected chi connectivity index (χ0v) is 11.8. The zero-order chi connectivity index (χ0) is 15.5. The first kappa shape index (κ1) is 15.1. The lowest BCUT2D eigenvalue weighted by molar-refractivity contribution is -0.385. The van der Waals surface area contributed by atoms with Crippen molar-refractivity contribution in [2.75, 3.05) is 0 Å². The van der Waals surface area contributed by atoms with Gasteiger partial charge in [-0.2, -0.15) is 8.42 Å². The molecule has 0 saturated heterocycles. The number of nitro groups is 1. The van der Waals surface area contributed by atoms with Crippen LogP contribution in [-0.2, 0) is 23.0 Å². The molecule has 0 radical (unpaired) electrons. The highest BCUT2D eigenvalue weighted by molar-refractivity contribution is 7.85. The van der Waals surface area contributed by atoms with Crippen LogP contribution in [0.1, 0.15) is 11.1 Å². The van der Waals surface area contributed by atoms with Gasteiger partial charge >= 0.3 is 0 Å². The Morgan fingerprint density at radius 2 is 1.62 bits per heavy atom. The number of hydrogen-bond acceptors (Lipinski definition) is 4. The van der Waals surface area contributed by atoms with Crippen molar-refractivity contribution in [1.29, 1.82) is 0 Å². The number of rotatable bonds is 5. The largest absolute Gasteiger partial charge is 0.294 e. The van der Waals surface area contributed by atoms with E-state index in [1.165, 1.54) is 18.2 Å². The Morgan fingerprint density at radius 3 is 2.19 bits per heavy atom. The van der Waals surface area contributed by atoms with Gasteiger partial charge in [0.2, 0.25) is 0 Å². The fourth-order valence-electron chi connectivity index (χ4n) is 2.01. The Hall–Kier alpha value is -2.25. The average Bonchev–Trinajstić information content (AvgIpc) is 2.45. The van der Waals surface area contributed by atoms with E-state index in [1.807, 2.05) is 0 Å². The van der Waals surface area contributed by atoms with Crippen LogP contribution < -0.4 is 0 Å². The van der Waals surface area contributed by atoms with Crippen molar-refractivity contribution in [1.82, 2.24) is 0 Å². The average molecular weight is 307 g/mol. The summed E-state index contributed by atoms with van der Waals surface area (Å²) >= 11 is 0. The molecule has 0 heterocycles. The summed E-state index contributed by atoms with van der Waals surface area (Å²) < 4.78 is 30.7. The minimum absolute atomic E-state index is 0.0760. The molecule has 0 bridgehead atoms. The Morgan fingerprint density at radius 1 is 1.00 bits per heavy atom. The molecule has 0 aliphatic heterocycles. The van der Waals surface area contributed by atoms with Crippen molar-refractivity contribution in [3.05, 3.63) is 69.8 Å². The van der Waals surface area contributed by atoms with E-state index < -0.39 is 15.0 Å². The van der Waals surface area contributed by atoms with Gasteiger partial charge in [-0.05, 0) is 30.5 Å². The van der Waals surface area contributed by atoms with Gasteiger partial charge < -0.3 is 0 Å². The maximum Gasteiger partial charge on any atom is 0.294 e. The fourth-order valence-corrected chi connectivity index (χ4v) is 2.49. The van der Waals surface area contributed by atoms with Gasteiger partial charge in [-0.25, -0.2) is 0 Å². The lowest BCUT2D eigenvalue weighted by Crippen LogP contribution is -2.00. The predicted octanol–water partition coefficient (Wildman–Crippen LogP) is 2.63. The van der Waals surface area contributed by atoms with E-state index in [2.05, 4.69) is 0 Å². The van der Waals surface area contributed by atoms with Crippen LogP contribution in [0.25, 0.3) is 0 Å². The van der Waals surface area contributed by atoms with Gasteiger partial charge in [-0.3, -0.25) is 14.7 Å². The molecule has 2 aromatic carbocycles. The van der Waals surface area contributed by atoms with Crippen molar-refractivity contribution in [2.24, 2.45) is 0 Å². The predicted molar refractivity (Wildman–Crippen MR) is 76.8 cm³/mol. The topological polar surface area (TPSA) is 97.5 Å². The molecule has 0 fully saturated rings. The van der Waals surface area contributed by atoms with E-state index in [0.29, 0.717) is 18.4 Å². The highest BCUT2D eigenvalue weighted by atomic mass is 32.2. The quantitative estimate of drug-likeness (QED) is 0.520. The Labute approximate surface area is 121 Å². The third-order valence-corrected chi connectivity index (χ3v) is 3.96. The minimum Gasteiger partial charge on any atom is -0.282 e. The number of aryl methyl sites for hydroxylation is 2. The highest BCUT2D eigenvalue weighted by Gasteiger charge is 2.12. The van der Waals surface area contributed by atoms with Gasteiger partial charge in [-0.15, -0.1) is 0 Å². The number of para-hydroxylation sites is 1. The summed E-state index contributed by atoms with van der Waals surface area (Å²) in [6, 6.07) is 12.3. The Balaban J connectivity index is 2.12. The fraction of sp³-hybridized carbons (Fsp3) is 0.143. The lowest BCUT2D eigenvalue weighted by Gasteiger charge is -2.04. The molecule has 110 valence electrons. The molecule has 2 aromatic rings. The monoisotopic (exact) mass is 307 g/mol. The first-order valence-electron chi connectivity index (χ1n) is 6.16. The molecular formula is C14H13NO5S. The number of nitrogens with zero attached hydrogens (tertiary/aromatic N) is 1. The summed E-state index contributed by atoms with van der Waals surface area (Å²) in [6.45, 7) is 0. The second kappa shape index (κ2) is 6.02. The molecule has 6 nitrogen and oxygen atoms in total. The molecule has 2 rings (SSSR count). The SMILES string of the molecule is O=[N+]([O-])c1ccccc1CCc1ccc(S(=O)(=O)O)cc1. The Bertz CT molecular complexity index is 753. The van der Waals surface area contributed by atoms with Crippen LogP contribution in [0, 0.1) is 10.1 Å². The summed E-state index contributed by atoms with van der Waals surface area (Å²) in [5.41, 5.74) is 1.54. The number of benzene rings is 2. The Kier molecular flexibility index (Phi) is 4.35. The van der Waals surface area contributed by atoms with Crippen LogP contribution in [-0.4, -0.2) is 17.9 Å². The standard InChI is InChI=1S/C14H13NO5S/c16-15(17)14-4-2-1-3-12(14)8-5-11-6-9-13(10-7-11)21(18,19)20/h1-4,6-7,9-10H,5,8H2,(H,18,19,20). The summed E-state index contributed by atoms with van der Waals surface area (Å²) in [4.78, 5) is 10.3. The molecule has 0 saturated carbocycles. The van der Waals surface area contributed by atoms with E-state index in [1.54, 1.807) is 30.3 Å². The molecular weight excluding hydrogens is 294 g/mol. The van der Waals surface area contributed by atoms with Gasteiger partial charge in [0.05, 0.1) is 9.82 Å². The van der Waals surface area contributed by atoms with Crippen molar-refractivity contribution < 1.29 is 17.9 Å². The lowest BCUT2D eigenvalue weighted by atomic mass is 10.0. The van der Waals surface area contributed by atoms with Gasteiger partial charge in [0, 0.05) is 11.6 Å². The smallest absolute Gasteiger partial charge is 0.282 e. The van der Waals surface area contributed by atoms with Crippen molar-refractivity contribution >= 4 is 15.8 Å². The molecule has 0 amide bonds. The van der Waals surface area contributed by atoms with Crippen LogP contribution in [0.15, 0.2) is 53.4 Å².